The van der Waals surface area contributed by atoms with Gasteiger partial charge in [0.05, 0.1) is 5.56 Å². The zero-order chi connectivity index (χ0) is 14.1. The molecule has 0 aliphatic heterocycles. The minimum atomic E-state index is 0.458. The van der Waals surface area contributed by atoms with Gasteiger partial charge in [-0.3, -0.25) is 4.98 Å². The summed E-state index contributed by atoms with van der Waals surface area (Å²) in [6.45, 7) is 2.27. The highest BCUT2D eigenvalue weighted by molar-refractivity contribution is 5.79. The summed E-state index contributed by atoms with van der Waals surface area (Å²) in [5, 5.41) is 0. The number of nitrogens with two attached hydrogens (primary N) is 1. The molecule has 3 heteroatoms. The predicted molar refractivity (Wildman–Crippen MR) is 81.0 cm³/mol. The molecule has 2 N–H and O–H groups in total. The average Bonchev–Trinajstić information content (AvgIpc) is 2.47. The maximum absolute atomic E-state index is 6.05. The molecule has 1 aliphatic rings. The lowest BCUT2D eigenvalue weighted by atomic mass is 9.82. The van der Waals surface area contributed by atoms with Crippen molar-refractivity contribution < 1.29 is 0 Å². The van der Waals surface area contributed by atoms with Gasteiger partial charge < -0.3 is 5.73 Å². The van der Waals surface area contributed by atoms with Gasteiger partial charge in [-0.1, -0.05) is 18.9 Å². The molecule has 0 saturated carbocycles. The molecule has 1 aliphatic carbocycles. The first-order valence-corrected chi connectivity index (χ1v) is 6.89. The molecule has 0 saturated heterocycles. The molecule has 0 radical (unpaired) electrons. The van der Waals surface area contributed by atoms with Crippen LogP contribution < -0.4 is 5.73 Å². The van der Waals surface area contributed by atoms with Gasteiger partial charge in [-0.25, -0.2) is 4.98 Å². The topological polar surface area (TPSA) is 51.8 Å². The quantitative estimate of drug-likeness (QED) is 0.805. The number of hydrogen-bond donors (Lipinski definition) is 1. The van der Waals surface area contributed by atoms with E-state index < -0.39 is 0 Å². The molecule has 3 rings (SSSR count). The molecular weight excluding hydrogens is 246 g/mol. The standard InChI is InChI=1S/C17H17N3/c1-3-13-16(12-5-4-8-19-10-12)14-9-11(2)6-7-15(14)20-17(13)18/h1,4-5,8,10-11H,6-7,9H2,2H3,(H2,18,20). The summed E-state index contributed by atoms with van der Waals surface area (Å²) in [5.74, 6) is 3.82. The molecule has 0 fully saturated rings. The van der Waals surface area contributed by atoms with E-state index in [0.29, 0.717) is 17.3 Å². The van der Waals surface area contributed by atoms with Crippen molar-refractivity contribution in [2.24, 2.45) is 5.92 Å². The predicted octanol–water partition coefficient (Wildman–Crippen LogP) is 2.83. The molecule has 20 heavy (non-hydrogen) atoms. The molecule has 2 heterocycles. The number of pyridine rings is 2. The number of aryl methyl sites for hydroxylation is 1. The summed E-state index contributed by atoms with van der Waals surface area (Å²) in [4.78, 5) is 8.72. The lowest BCUT2D eigenvalue weighted by molar-refractivity contribution is 0.495. The Bertz CT molecular complexity index is 684. The Kier molecular flexibility index (Phi) is 3.15. The molecule has 0 spiro atoms. The maximum Gasteiger partial charge on any atom is 0.140 e. The van der Waals surface area contributed by atoms with E-state index in [2.05, 4.69) is 22.8 Å². The van der Waals surface area contributed by atoms with E-state index in [0.717, 1.165) is 36.1 Å². The number of terminal acetylenes is 1. The normalized spacial score (nSPS) is 17.3. The molecule has 2 aromatic rings. The van der Waals surface area contributed by atoms with Crippen LogP contribution in [0.1, 0.15) is 30.2 Å². The van der Waals surface area contributed by atoms with Crippen molar-refractivity contribution >= 4 is 5.82 Å². The van der Waals surface area contributed by atoms with Crippen molar-refractivity contribution in [2.75, 3.05) is 5.73 Å². The number of fused-ring (bicyclic) bond motifs is 1. The van der Waals surface area contributed by atoms with Gasteiger partial charge in [-0.05, 0) is 36.8 Å². The van der Waals surface area contributed by atoms with E-state index in [1.165, 1.54) is 5.56 Å². The van der Waals surface area contributed by atoms with Gasteiger partial charge in [-0.2, -0.15) is 0 Å². The van der Waals surface area contributed by atoms with Gasteiger partial charge in [0.1, 0.15) is 5.82 Å². The van der Waals surface area contributed by atoms with Crippen LogP contribution in [0.4, 0.5) is 5.82 Å². The Balaban J connectivity index is 2.30. The monoisotopic (exact) mass is 263 g/mol. The van der Waals surface area contributed by atoms with Crippen LogP contribution >= 0.6 is 0 Å². The van der Waals surface area contributed by atoms with E-state index in [9.17, 15) is 0 Å². The molecule has 100 valence electrons. The maximum atomic E-state index is 6.05. The Morgan fingerprint density at radius 2 is 2.30 bits per heavy atom. The van der Waals surface area contributed by atoms with Crippen LogP contribution in [0.5, 0.6) is 0 Å². The van der Waals surface area contributed by atoms with Crippen molar-refractivity contribution in [3.8, 4) is 23.5 Å². The minimum absolute atomic E-state index is 0.458. The largest absolute Gasteiger partial charge is 0.383 e. The first-order valence-electron chi connectivity index (χ1n) is 6.89. The second-order valence-electron chi connectivity index (χ2n) is 5.41. The summed E-state index contributed by atoms with van der Waals surface area (Å²) in [6.07, 6.45) is 12.4. The van der Waals surface area contributed by atoms with E-state index in [-0.39, 0.29) is 0 Å². The van der Waals surface area contributed by atoms with Gasteiger partial charge in [0, 0.05) is 29.2 Å². The summed E-state index contributed by atoms with van der Waals surface area (Å²) >= 11 is 0. The lowest BCUT2D eigenvalue weighted by Crippen LogP contribution is -2.16. The molecule has 0 aromatic carbocycles. The number of rotatable bonds is 1. The van der Waals surface area contributed by atoms with Crippen LogP contribution in [0.2, 0.25) is 0 Å². The second-order valence-corrected chi connectivity index (χ2v) is 5.41. The Hall–Kier alpha value is -2.34. The van der Waals surface area contributed by atoms with Crippen LogP contribution in [0, 0.1) is 18.3 Å². The smallest absolute Gasteiger partial charge is 0.140 e. The van der Waals surface area contributed by atoms with Crippen molar-refractivity contribution in [1.29, 1.82) is 0 Å². The van der Waals surface area contributed by atoms with Crippen LogP contribution in [0.3, 0.4) is 0 Å². The van der Waals surface area contributed by atoms with Crippen molar-refractivity contribution in [3.05, 3.63) is 41.3 Å². The van der Waals surface area contributed by atoms with Gasteiger partial charge in [0.25, 0.3) is 0 Å². The highest BCUT2D eigenvalue weighted by atomic mass is 14.9. The third-order valence-electron chi connectivity index (χ3n) is 3.93. The van der Waals surface area contributed by atoms with Crippen LogP contribution in [0.15, 0.2) is 24.5 Å². The van der Waals surface area contributed by atoms with Crippen molar-refractivity contribution in [3.63, 3.8) is 0 Å². The van der Waals surface area contributed by atoms with Gasteiger partial charge >= 0.3 is 0 Å². The summed E-state index contributed by atoms with van der Waals surface area (Å²) in [6, 6.07) is 3.95. The number of aromatic nitrogens is 2. The Morgan fingerprint density at radius 3 is 3.00 bits per heavy atom. The fraction of sp³-hybridized carbons (Fsp3) is 0.294. The van der Waals surface area contributed by atoms with Crippen LogP contribution in [-0.2, 0) is 12.8 Å². The molecule has 2 aromatic heterocycles. The first kappa shape index (κ1) is 12.7. The van der Waals surface area contributed by atoms with E-state index >= 15 is 0 Å². The Labute approximate surface area is 119 Å². The summed E-state index contributed by atoms with van der Waals surface area (Å²) in [5.41, 5.74) is 11.2. The number of hydrogen-bond acceptors (Lipinski definition) is 3. The SMILES string of the molecule is C#Cc1c(N)nc2c(c1-c1cccnc1)CC(C)CC2. The molecule has 0 amide bonds. The number of anilines is 1. The number of nitrogens with zero attached hydrogens (tertiary/aromatic N) is 2. The fourth-order valence-electron chi connectivity index (χ4n) is 2.93. The van der Waals surface area contributed by atoms with Crippen molar-refractivity contribution in [2.45, 2.75) is 26.2 Å². The Morgan fingerprint density at radius 1 is 1.45 bits per heavy atom. The van der Waals surface area contributed by atoms with E-state index in [1.807, 2.05) is 18.3 Å². The highest BCUT2D eigenvalue weighted by Crippen LogP contribution is 2.36. The van der Waals surface area contributed by atoms with E-state index in [1.54, 1.807) is 6.20 Å². The molecular formula is C17H17N3. The third kappa shape index (κ3) is 2.04. The average molecular weight is 263 g/mol. The number of nitrogen functional groups attached to an aromatic ring is 1. The molecule has 1 unspecified atom stereocenters. The van der Waals surface area contributed by atoms with Crippen molar-refractivity contribution in [1.82, 2.24) is 9.97 Å². The lowest BCUT2D eigenvalue weighted by Gasteiger charge is -2.25. The second kappa shape index (κ2) is 4.97. The summed E-state index contributed by atoms with van der Waals surface area (Å²) < 4.78 is 0. The zero-order valence-electron chi connectivity index (χ0n) is 11.6. The fourth-order valence-corrected chi connectivity index (χ4v) is 2.93. The minimum Gasteiger partial charge on any atom is -0.383 e. The highest BCUT2D eigenvalue weighted by Gasteiger charge is 2.24. The van der Waals surface area contributed by atoms with Crippen LogP contribution in [-0.4, -0.2) is 9.97 Å². The van der Waals surface area contributed by atoms with Gasteiger partial charge in [0.15, 0.2) is 0 Å². The molecule has 3 nitrogen and oxygen atoms in total. The van der Waals surface area contributed by atoms with E-state index in [4.69, 9.17) is 12.2 Å². The van der Waals surface area contributed by atoms with Crippen LogP contribution in [0.25, 0.3) is 11.1 Å². The third-order valence-corrected chi connectivity index (χ3v) is 3.93. The summed E-state index contributed by atoms with van der Waals surface area (Å²) in [7, 11) is 0. The van der Waals surface area contributed by atoms with Gasteiger partial charge in [-0.15, -0.1) is 6.42 Å². The zero-order valence-corrected chi connectivity index (χ0v) is 11.6. The molecule has 1 atom stereocenters. The van der Waals surface area contributed by atoms with Gasteiger partial charge in [0.2, 0.25) is 0 Å². The first-order chi connectivity index (χ1) is 9.70. The molecule has 0 bridgehead atoms.